The molecule has 0 aliphatic heterocycles. The molecule has 2 bridgehead atoms. The van der Waals surface area contributed by atoms with E-state index in [1.807, 2.05) is 13.1 Å². The summed E-state index contributed by atoms with van der Waals surface area (Å²) < 4.78 is 0. The predicted octanol–water partition coefficient (Wildman–Crippen LogP) is 2.22. The third kappa shape index (κ3) is 1.38. The van der Waals surface area contributed by atoms with Gasteiger partial charge in [-0.15, -0.1) is 0 Å². The standard InChI is InChI=1S/C10H15NO/c1-2-12-11-7-10-6-8-3-4-9(10)5-8/h3-4,7-10H,2,5-6H2,1H3/b11-7+. The van der Waals surface area contributed by atoms with Crippen LogP contribution in [0, 0.1) is 17.8 Å². The van der Waals surface area contributed by atoms with Gasteiger partial charge < -0.3 is 4.84 Å². The van der Waals surface area contributed by atoms with Gasteiger partial charge >= 0.3 is 0 Å². The minimum atomic E-state index is 0.645. The van der Waals surface area contributed by atoms with E-state index in [1.165, 1.54) is 12.8 Å². The third-order valence-electron chi connectivity index (χ3n) is 2.79. The molecule has 12 heavy (non-hydrogen) atoms. The van der Waals surface area contributed by atoms with Crippen LogP contribution < -0.4 is 0 Å². The molecule has 2 aliphatic rings. The van der Waals surface area contributed by atoms with Gasteiger partial charge in [0.05, 0.1) is 0 Å². The number of rotatable bonds is 3. The summed E-state index contributed by atoms with van der Waals surface area (Å²) in [5.74, 6) is 2.22. The molecule has 0 aromatic heterocycles. The highest BCUT2D eigenvalue weighted by Crippen LogP contribution is 2.42. The molecule has 2 aliphatic carbocycles. The van der Waals surface area contributed by atoms with E-state index in [4.69, 9.17) is 4.84 Å². The summed E-state index contributed by atoms with van der Waals surface area (Å²) in [5.41, 5.74) is 0. The van der Waals surface area contributed by atoms with Crippen LogP contribution in [0.4, 0.5) is 0 Å². The molecule has 3 atom stereocenters. The van der Waals surface area contributed by atoms with Gasteiger partial charge in [0.15, 0.2) is 0 Å². The highest BCUT2D eigenvalue weighted by molar-refractivity contribution is 5.62. The van der Waals surface area contributed by atoms with Gasteiger partial charge in [-0.1, -0.05) is 17.3 Å². The Morgan fingerprint density at radius 3 is 3.00 bits per heavy atom. The molecule has 0 aromatic carbocycles. The van der Waals surface area contributed by atoms with E-state index in [2.05, 4.69) is 17.3 Å². The lowest BCUT2D eigenvalue weighted by atomic mass is 9.95. The molecular formula is C10H15NO. The van der Waals surface area contributed by atoms with E-state index in [0.717, 1.165) is 11.8 Å². The summed E-state index contributed by atoms with van der Waals surface area (Å²) in [4.78, 5) is 4.95. The second kappa shape index (κ2) is 3.30. The maximum absolute atomic E-state index is 4.95. The minimum absolute atomic E-state index is 0.645. The number of oxime groups is 1. The fraction of sp³-hybridized carbons (Fsp3) is 0.700. The first-order valence-corrected chi connectivity index (χ1v) is 4.74. The van der Waals surface area contributed by atoms with Crippen molar-refractivity contribution in [2.75, 3.05) is 6.61 Å². The monoisotopic (exact) mass is 165 g/mol. The molecule has 0 saturated heterocycles. The molecule has 0 N–H and O–H groups in total. The Morgan fingerprint density at radius 2 is 2.42 bits per heavy atom. The summed E-state index contributed by atoms with van der Waals surface area (Å²) >= 11 is 0. The maximum atomic E-state index is 4.95. The Kier molecular flexibility index (Phi) is 2.15. The van der Waals surface area contributed by atoms with Gasteiger partial charge in [0.25, 0.3) is 0 Å². The van der Waals surface area contributed by atoms with Crippen LogP contribution >= 0.6 is 0 Å². The van der Waals surface area contributed by atoms with Crippen molar-refractivity contribution in [3.8, 4) is 0 Å². The van der Waals surface area contributed by atoms with Crippen LogP contribution in [0.1, 0.15) is 19.8 Å². The summed E-state index contributed by atoms with van der Waals surface area (Å²) in [7, 11) is 0. The van der Waals surface area contributed by atoms with Crippen LogP contribution in [0.5, 0.6) is 0 Å². The lowest BCUT2D eigenvalue weighted by Gasteiger charge is -2.11. The van der Waals surface area contributed by atoms with Crippen LogP contribution in [-0.2, 0) is 4.84 Å². The molecule has 0 radical (unpaired) electrons. The first-order chi connectivity index (χ1) is 5.90. The minimum Gasteiger partial charge on any atom is -0.396 e. The Morgan fingerprint density at radius 1 is 1.50 bits per heavy atom. The molecule has 1 fully saturated rings. The molecular weight excluding hydrogens is 150 g/mol. The van der Waals surface area contributed by atoms with Crippen LogP contribution in [0.25, 0.3) is 0 Å². The Bertz CT molecular complexity index is 210. The van der Waals surface area contributed by atoms with E-state index < -0.39 is 0 Å². The molecule has 2 rings (SSSR count). The second-order valence-electron chi connectivity index (χ2n) is 3.62. The lowest BCUT2D eigenvalue weighted by Crippen LogP contribution is -2.08. The summed E-state index contributed by atoms with van der Waals surface area (Å²) in [6, 6.07) is 0. The lowest BCUT2D eigenvalue weighted by molar-refractivity contribution is 0.158. The van der Waals surface area contributed by atoms with Crippen LogP contribution in [-0.4, -0.2) is 12.8 Å². The predicted molar refractivity (Wildman–Crippen MR) is 49.0 cm³/mol. The van der Waals surface area contributed by atoms with Gasteiger partial charge in [0.1, 0.15) is 6.61 Å². The largest absolute Gasteiger partial charge is 0.396 e. The summed E-state index contributed by atoms with van der Waals surface area (Å²) in [5, 5.41) is 3.93. The van der Waals surface area contributed by atoms with Gasteiger partial charge in [-0.25, -0.2) is 0 Å². The summed E-state index contributed by atoms with van der Waals surface area (Å²) in [6.07, 6.45) is 9.27. The Balaban J connectivity index is 1.87. The van der Waals surface area contributed by atoms with Crippen LogP contribution in [0.15, 0.2) is 17.3 Å². The van der Waals surface area contributed by atoms with Gasteiger partial charge in [-0.3, -0.25) is 0 Å². The van der Waals surface area contributed by atoms with E-state index in [9.17, 15) is 0 Å². The number of hydrogen-bond acceptors (Lipinski definition) is 2. The van der Waals surface area contributed by atoms with Crippen molar-refractivity contribution in [3.05, 3.63) is 12.2 Å². The molecule has 2 nitrogen and oxygen atoms in total. The van der Waals surface area contributed by atoms with Crippen molar-refractivity contribution in [1.82, 2.24) is 0 Å². The Hall–Kier alpha value is -0.790. The zero-order valence-electron chi connectivity index (χ0n) is 7.44. The van der Waals surface area contributed by atoms with Crippen molar-refractivity contribution in [3.63, 3.8) is 0 Å². The van der Waals surface area contributed by atoms with Gasteiger partial charge in [-0.05, 0) is 31.6 Å². The zero-order chi connectivity index (χ0) is 8.39. The second-order valence-corrected chi connectivity index (χ2v) is 3.62. The number of allylic oxidation sites excluding steroid dienone is 2. The topological polar surface area (TPSA) is 21.6 Å². The first-order valence-electron chi connectivity index (χ1n) is 4.74. The normalized spacial score (nSPS) is 38.2. The highest BCUT2D eigenvalue weighted by Gasteiger charge is 2.34. The third-order valence-corrected chi connectivity index (χ3v) is 2.79. The Labute approximate surface area is 73.3 Å². The van der Waals surface area contributed by atoms with Crippen molar-refractivity contribution < 1.29 is 4.84 Å². The molecule has 3 unspecified atom stereocenters. The number of nitrogens with zero attached hydrogens (tertiary/aromatic N) is 1. The fourth-order valence-corrected chi connectivity index (χ4v) is 2.19. The van der Waals surface area contributed by atoms with Gasteiger partial charge in [-0.2, -0.15) is 0 Å². The molecule has 0 aromatic rings. The first kappa shape index (κ1) is 7.84. The van der Waals surface area contributed by atoms with Crippen molar-refractivity contribution in [1.29, 1.82) is 0 Å². The molecule has 0 heterocycles. The highest BCUT2D eigenvalue weighted by atomic mass is 16.6. The average molecular weight is 165 g/mol. The van der Waals surface area contributed by atoms with Gasteiger partial charge in [0, 0.05) is 12.1 Å². The summed E-state index contributed by atoms with van der Waals surface area (Å²) in [6.45, 7) is 2.63. The zero-order valence-corrected chi connectivity index (χ0v) is 7.44. The number of fused-ring (bicyclic) bond motifs is 2. The van der Waals surface area contributed by atoms with Crippen molar-refractivity contribution in [2.24, 2.45) is 22.9 Å². The SMILES string of the molecule is CCO/N=C/C1CC2C=CC1C2. The van der Waals surface area contributed by atoms with E-state index in [-0.39, 0.29) is 0 Å². The smallest absolute Gasteiger partial charge is 0.114 e. The molecule has 1 saturated carbocycles. The quantitative estimate of drug-likeness (QED) is 0.357. The van der Waals surface area contributed by atoms with Crippen LogP contribution in [0.2, 0.25) is 0 Å². The molecule has 2 heteroatoms. The molecule has 0 spiro atoms. The van der Waals surface area contributed by atoms with Crippen LogP contribution in [0.3, 0.4) is 0 Å². The van der Waals surface area contributed by atoms with Gasteiger partial charge in [0.2, 0.25) is 0 Å². The maximum Gasteiger partial charge on any atom is 0.114 e. The molecule has 0 amide bonds. The fourth-order valence-electron chi connectivity index (χ4n) is 2.19. The average Bonchev–Trinajstić information content (AvgIpc) is 2.65. The number of hydrogen-bond donors (Lipinski definition) is 0. The molecule has 66 valence electrons. The van der Waals surface area contributed by atoms with E-state index in [1.54, 1.807) is 0 Å². The van der Waals surface area contributed by atoms with E-state index >= 15 is 0 Å². The van der Waals surface area contributed by atoms with Crippen molar-refractivity contribution in [2.45, 2.75) is 19.8 Å². The van der Waals surface area contributed by atoms with Crippen molar-refractivity contribution >= 4 is 6.21 Å². The van der Waals surface area contributed by atoms with E-state index in [0.29, 0.717) is 12.5 Å².